The smallest absolute Gasteiger partial charge is 0.0629 e. The molecule has 0 aromatic heterocycles. The maximum atomic E-state index is 4.93. The van der Waals surface area contributed by atoms with E-state index in [9.17, 15) is 0 Å². The van der Waals surface area contributed by atoms with Crippen molar-refractivity contribution in [2.24, 2.45) is 0 Å². The Hall–Kier alpha value is 0.740. The summed E-state index contributed by atoms with van der Waals surface area (Å²) in [7, 11) is 4.53. The first-order valence-electron chi connectivity index (χ1n) is 4.20. The highest BCUT2D eigenvalue weighted by atomic mass is 31.0. The van der Waals surface area contributed by atoms with E-state index in [-0.39, 0.29) is 0 Å². The van der Waals surface area contributed by atoms with Crippen LogP contribution in [0.5, 0.6) is 0 Å². The Balaban J connectivity index is 3.40. The van der Waals surface area contributed by atoms with Crippen LogP contribution >= 0.6 is 18.9 Å². The van der Waals surface area contributed by atoms with Crippen molar-refractivity contribution in [3.63, 3.8) is 0 Å². The van der Waals surface area contributed by atoms with Crippen molar-refractivity contribution in [1.29, 1.82) is 0 Å². The summed E-state index contributed by atoms with van der Waals surface area (Å²) in [6.07, 6.45) is 1.17. The molecule has 0 aliphatic rings. The Kier molecular flexibility index (Phi) is 10.4. The summed E-state index contributed by atoms with van der Waals surface area (Å²) in [6.45, 7) is 6.78. The quantitative estimate of drug-likeness (QED) is 0.565. The molecule has 3 nitrogen and oxygen atoms in total. The van der Waals surface area contributed by atoms with Gasteiger partial charge < -0.3 is 9.05 Å². The third kappa shape index (κ3) is 7.39. The molecule has 0 spiro atoms. The van der Waals surface area contributed by atoms with E-state index in [0.717, 1.165) is 32.8 Å². The van der Waals surface area contributed by atoms with Gasteiger partial charge in [0.05, 0.1) is 13.2 Å². The van der Waals surface area contributed by atoms with Crippen molar-refractivity contribution in [1.82, 2.24) is 4.90 Å². The van der Waals surface area contributed by atoms with Gasteiger partial charge in [0.25, 0.3) is 0 Å². The first kappa shape index (κ1) is 12.7. The van der Waals surface area contributed by atoms with Gasteiger partial charge in [-0.3, -0.25) is 4.90 Å². The van der Waals surface area contributed by atoms with E-state index in [2.05, 4.69) is 30.8 Å². The molecule has 2 atom stereocenters. The van der Waals surface area contributed by atoms with Crippen molar-refractivity contribution in [3.8, 4) is 0 Å². The maximum Gasteiger partial charge on any atom is 0.0629 e. The first-order valence-corrected chi connectivity index (χ1v) is 5.15. The van der Waals surface area contributed by atoms with Gasteiger partial charge in [-0.25, -0.2) is 0 Å². The van der Waals surface area contributed by atoms with Gasteiger partial charge in [0.2, 0.25) is 0 Å². The SMILES string of the molecule is CCCN(CCOP)CCOP. The number of rotatable bonds is 8. The topological polar surface area (TPSA) is 21.7 Å². The highest BCUT2D eigenvalue weighted by molar-refractivity contribution is 7.10. The summed E-state index contributed by atoms with van der Waals surface area (Å²) in [5.41, 5.74) is 0. The molecular weight excluding hydrogens is 192 g/mol. The third-order valence-corrected chi connectivity index (χ3v) is 2.06. The van der Waals surface area contributed by atoms with Gasteiger partial charge in [0.1, 0.15) is 0 Å². The Bertz CT molecular complexity index is 87.5. The Morgan fingerprint density at radius 2 is 1.50 bits per heavy atom. The Labute approximate surface area is 79.7 Å². The van der Waals surface area contributed by atoms with Gasteiger partial charge in [-0.15, -0.1) is 0 Å². The maximum absolute atomic E-state index is 4.93. The molecule has 12 heavy (non-hydrogen) atoms. The molecule has 0 aliphatic heterocycles. The summed E-state index contributed by atoms with van der Waals surface area (Å²) >= 11 is 0. The molecule has 0 radical (unpaired) electrons. The monoisotopic (exact) mass is 211 g/mol. The lowest BCUT2D eigenvalue weighted by atomic mass is 10.4. The van der Waals surface area contributed by atoms with E-state index < -0.39 is 0 Å². The average Bonchev–Trinajstić information content (AvgIpc) is 2.10. The van der Waals surface area contributed by atoms with Gasteiger partial charge in [-0.1, -0.05) is 6.92 Å². The molecule has 0 saturated heterocycles. The molecule has 0 aromatic rings. The van der Waals surface area contributed by atoms with Crippen LogP contribution in [0.1, 0.15) is 13.3 Å². The predicted octanol–water partition coefficient (Wildman–Crippen LogP) is 1.31. The largest absolute Gasteiger partial charge is 0.364 e. The minimum atomic E-state index is 0.765. The normalized spacial score (nSPS) is 11.0. The zero-order valence-corrected chi connectivity index (χ0v) is 9.97. The van der Waals surface area contributed by atoms with E-state index in [1.807, 2.05) is 0 Å². The van der Waals surface area contributed by atoms with Gasteiger partial charge in [-0.05, 0) is 13.0 Å². The van der Waals surface area contributed by atoms with Crippen molar-refractivity contribution < 1.29 is 9.05 Å². The predicted molar refractivity (Wildman–Crippen MR) is 58.1 cm³/mol. The second-order valence-electron chi connectivity index (χ2n) is 2.58. The first-order chi connectivity index (χ1) is 5.85. The Morgan fingerprint density at radius 1 is 1.00 bits per heavy atom. The van der Waals surface area contributed by atoms with Gasteiger partial charge >= 0.3 is 0 Å². The zero-order valence-electron chi connectivity index (χ0n) is 7.66. The summed E-state index contributed by atoms with van der Waals surface area (Å²) in [5, 5.41) is 0. The molecule has 0 N–H and O–H groups in total. The fourth-order valence-electron chi connectivity index (χ4n) is 1.02. The molecule has 0 fully saturated rings. The molecule has 0 heterocycles. The Morgan fingerprint density at radius 3 is 1.83 bits per heavy atom. The van der Waals surface area contributed by atoms with Gasteiger partial charge in [0.15, 0.2) is 0 Å². The molecule has 5 heteroatoms. The summed E-state index contributed by atoms with van der Waals surface area (Å²) in [5.74, 6) is 0. The van der Waals surface area contributed by atoms with Gasteiger partial charge in [0, 0.05) is 32.0 Å². The minimum Gasteiger partial charge on any atom is -0.364 e. The molecule has 0 aromatic carbocycles. The van der Waals surface area contributed by atoms with Crippen LogP contribution in [0.3, 0.4) is 0 Å². The lowest BCUT2D eigenvalue weighted by Gasteiger charge is -2.20. The summed E-state index contributed by atoms with van der Waals surface area (Å²) < 4.78 is 9.86. The lowest BCUT2D eigenvalue weighted by molar-refractivity contribution is 0.194. The molecule has 2 unspecified atom stereocenters. The number of nitrogens with zero attached hydrogens (tertiary/aromatic N) is 1. The molecular formula is C7H19NO2P2. The van der Waals surface area contributed by atoms with Crippen LogP contribution in [-0.2, 0) is 9.05 Å². The van der Waals surface area contributed by atoms with Crippen LogP contribution in [0.2, 0.25) is 0 Å². The van der Waals surface area contributed by atoms with Crippen LogP contribution in [0, 0.1) is 0 Å². The lowest BCUT2D eigenvalue weighted by Crippen LogP contribution is -2.30. The second-order valence-corrected chi connectivity index (χ2v) is 3.25. The molecule has 0 amide bonds. The van der Waals surface area contributed by atoms with E-state index >= 15 is 0 Å². The van der Waals surface area contributed by atoms with Crippen LogP contribution in [-0.4, -0.2) is 37.7 Å². The van der Waals surface area contributed by atoms with E-state index in [1.165, 1.54) is 6.42 Å². The molecule has 0 bridgehead atoms. The van der Waals surface area contributed by atoms with Crippen molar-refractivity contribution >= 4 is 18.9 Å². The van der Waals surface area contributed by atoms with Crippen LogP contribution in [0.25, 0.3) is 0 Å². The minimum absolute atomic E-state index is 0.765. The second kappa shape index (κ2) is 9.83. The van der Waals surface area contributed by atoms with Crippen molar-refractivity contribution in [2.45, 2.75) is 13.3 Å². The van der Waals surface area contributed by atoms with Crippen LogP contribution in [0.4, 0.5) is 0 Å². The molecule has 0 aliphatic carbocycles. The summed E-state index contributed by atoms with van der Waals surface area (Å²) in [6, 6.07) is 0. The van der Waals surface area contributed by atoms with Gasteiger partial charge in [-0.2, -0.15) is 0 Å². The van der Waals surface area contributed by atoms with E-state index in [1.54, 1.807) is 0 Å². The number of hydrogen-bond acceptors (Lipinski definition) is 3. The van der Waals surface area contributed by atoms with Crippen molar-refractivity contribution in [3.05, 3.63) is 0 Å². The molecule has 0 saturated carbocycles. The van der Waals surface area contributed by atoms with Crippen molar-refractivity contribution in [2.75, 3.05) is 32.8 Å². The third-order valence-electron chi connectivity index (χ3n) is 1.59. The number of hydrogen-bond donors (Lipinski definition) is 0. The molecule has 0 rings (SSSR count). The average molecular weight is 211 g/mol. The fourth-order valence-corrected chi connectivity index (χ4v) is 1.23. The van der Waals surface area contributed by atoms with Crippen LogP contribution in [0.15, 0.2) is 0 Å². The zero-order chi connectivity index (χ0) is 9.23. The molecule has 74 valence electrons. The highest BCUT2D eigenvalue weighted by Gasteiger charge is 2.01. The van der Waals surface area contributed by atoms with E-state index in [4.69, 9.17) is 9.05 Å². The highest BCUT2D eigenvalue weighted by Crippen LogP contribution is 1.95. The summed E-state index contributed by atoms with van der Waals surface area (Å²) in [4.78, 5) is 2.33. The van der Waals surface area contributed by atoms with Crippen LogP contribution < -0.4 is 0 Å². The van der Waals surface area contributed by atoms with E-state index in [0.29, 0.717) is 0 Å². The fraction of sp³-hybridized carbons (Fsp3) is 1.00. The standard InChI is InChI=1S/C7H19NO2P2/c1-2-3-8(4-6-9-11)5-7-10-12/h2-7,11-12H2,1H3.